The topological polar surface area (TPSA) is 34.9 Å². The van der Waals surface area contributed by atoms with Gasteiger partial charge in [-0.1, -0.05) is 52.7 Å². The lowest BCUT2D eigenvalue weighted by molar-refractivity contribution is 0.111. The molecule has 0 bridgehead atoms. The quantitative estimate of drug-likeness (QED) is 0.451. The van der Waals surface area contributed by atoms with Crippen molar-refractivity contribution in [1.82, 2.24) is 9.78 Å². The molecule has 1 heterocycles. The largest absolute Gasteiger partial charge is 0.296 e. The third-order valence-electron chi connectivity index (χ3n) is 4.15. The van der Waals surface area contributed by atoms with Gasteiger partial charge in [-0.15, -0.1) is 0 Å². The standard InChI is InChI=1S/C21H18BrClN2O/c1-3-15-6-9-20(19(23)11-15)25-21(12-18(13-26)24-25)14(2)10-16-4-7-17(22)8-5-16/h4-13H,3H2,1-2H3/b14-10+. The van der Waals surface area contributed by atoms with Gasteiger partial charge >= 0.3 is 0 Å². The SMILES string of the molecule is CCc1ccc(-n2nc(C=O)cc2/C(C)=C/c2ccc(Br)cc2)c(Cl)c1. The van der Waals surface area contributed by atoms with Crippen molar-refractivity contribution in [2.24, 2.45) is 0 Å². The van der Waals surface area contributed by atoms with Crippen LogP contribution < -0.4 is 0 Å². The average Bonchev–Trinajstić information content (AvgIpc) is 3.07. The van der Waals surface area contributed by atoms with Gasteiger partial charge in [0.1, 0.15) is 5.69 Å². The van der Waals surface area contributed by atoms with Crippen LogP contribution in [-0.4, -0.2) is 16.1 Å². The van der Waals surface area contributed by atoms with Gasteiger partial charge in [0.25, 0.3) is 0 Å². The predicted molar refractivity (Wildman–Crippen MR) is 111 cm³/mol. The summed E-state index contributed by atoms with van der Waals surface area (Å²) < 4.78 is 2.76. The summed E-state index contributed by atoms with van der Waals surface area (Å²) in [6.07, 6.45) is 3.72. The summed E-state index contributed by atoms with van der Waals surface area (Å²) in [4.78, 5) is 11.3. The van der Waals surface area contributed by atoms with Gasteiger partial charge < -0.3 is 0 Å². The number of allylic oxidation sites excluding steroid dienone is 1. The van der Waals surface area contributed by atoms with Crippen molar-refractivity contribution in [2.75, 3.05) is 0 Å². The van der Waals surface area contributed by atoms with E-state index in [4.69, 9.17) is 11.6 Å². The van der Waals surface area contributed by atoms with Crippen molar-refractivity contribution in [3.8, 4) is 5.69 Å². The molecular weight excluding hydrogens is 412 g/mol. The van der Waals surface area contributed by atoms with Crippen molar-refractivity contribution < 1.29 is 4.79 Å². The molecule has 0 fully saturated rings. The molecule has 132 valence electrons. The van der Waals surface area contributed by atoms with Crippen molar-refractivity contribution in [1.29, 1.82) is 0 Å². The third kappa shape index (κ3) is 3.97. The molecule has 0 saturated heterocycles. The highest BCUT2D eigenvalue weighted by Crippen LogP contribution is 2.27. The minimum absolute atomic E-state index is 0.374. The highest BCUT2D eigenvalue weighted by atomic mass is 79.9. The van der Waals surface area contributed by atoms with Gasteiger partial charge in [-0.05, 0) is 66.5 Å². The highest BCUT2D eigenvalue weighted by Gasteiger charge is 2.14. The third-order valence-corrected chi connectivity index (χ3v) is 4.99. The van der Waals surface area contributed by atoms with Crippen LogP contribution in [0, 0.1) is 0 Å². The Balaban J connectivity index is 2.09. The molecule has 1 aromatic heterocycles. The number of halogens is 2. The van der Waals surface area contributed by atoms with Crippen LogP contribution in [0.3, 0.4) is 0 Å². The molecule has 26 heavy (non-hydrogen) atoms. The number of benzene rings is 2. The molecule has 0 radical (unpaired) electrons. The zero-order valence-electron chi connectivity index (χ0n) is 14.5. The summed E-state index contributed by atoms with van der Waals surface area (Å²) in [5, 5.41) is 5.02. The Kier molecular flexibility index (Phi) is 5.74. The number of nitrogens with zero attached hydrogens (tertiary/aromatic N) is 2. The van der Waals surface area contributed by atoms with Gasteiger partial charge in [-0.2, -0.15) is 5.10 Å². The van der Waals surface area contributed by atoms with Gasteiger partial charge in [0.05, 0.1) is 16.4 Å². The number of aldehydes is 1. The Labute approximate surface area is 166 Å². The number of aromatic nitrogens is 2. The maximum absolute atomic E-state index is 11.3. The maximum Gasteiger partial charge on any atom is 0.170 e. The summed E-state index contributed by atoms with van der Waals surface area (Å²) in [7, 11) is 0. The lowest BCUT2D eigenvalue weighted by Crippen LogP contribution is -2.02. The second-order valence-corrected chi connectivity index (χ2v) is 7.33. The first kappa shape index (κ1) is 18.6. The molecule has 3 aromatic rings. The number of hydrogen-bond donors (Lipinski definition) is 0. The Morgan fingerprint density at radius 3 is 2.54 bits per heavy atom. The number of aryl methyl sites for hydroxylation is 1. The minimum Gasteiger partial charge on any atom is -0.296 e. The van der Waals surface area contributed by atoms with E-state index < -0.39 is 0 Å². The normalized spacial score (nSPS) is 11.6. The Hall–Kier alpha value is -2.17. The van der Waals surface area contributed by atoms with Crippen LogP contribution in [0.4, 0.5) is 0 Å². The molecule has 0 unspecified atom stereocenters. The number of hydrogen-bond acceptors (Lipinski definition) is 2. The van der Waals surface area contributed by atoms with E-state index >= 15 is 0 Å². The minimum atomic E-state index is 0.374. The van der Waals surface area contributed by atoms with Crippen LogP contribution in [0.5, 0.6) is 0 Å². The smallest absolute Gasteiger partial charge is 0.170 e. The number of carbonyl (C=O) groups excluding carboxylic acids is 1. The highest BCUT2D eigenvalue weighted by molar-refractivity contribution is 9.10. The summed E-state index contributed by atoms with van der Waals surface area (Å²) in [5.41, 5.74) is 5.18. The second kappa shape index (κ2) is 8.02. The summed E-state index contributed by atoms with van der Waals surface area (Å²) in [5.74, 6) is 0. The molecule has 0 atom stereocenters. The lowest BCUT2D eigenvalue weighted by Gasteiger charge is -2.11. The van der Waals surface area contributed by atoms with Gasteiger partial charge in [0, 0.05) is 4.47 Å². The molecule has 5 heteroatoms. The molecule has 0 N–H and O–H groups in total. The first-order valence-electron chi connectivity index (χ1n) is 8.30. The van der Waals surface area contributed by atoms with Crippen LogP contribution in [0.25, 0.3) is 17.3 Å². The molecule has 0 aliphatic heterocycles. The average molecular weight is 430 g/mol. The monoisotopic (exact) mass is 428 g/mol. The van der Waals surface area contributed by atoms with Crippen LogP contribution in [-0.2, 0) is 6.42 Å². The second-order valence-electron chi connectivity index (χ2n) is 6.00. The predicted octanol–water partition coefficient (Wildman–Crippen LogP) is 6.22. The molecular formula is C21H18BrClN2O. The van der Waals surface area contributed by atoms with Crippen molar-refractivity contribution in [2.45, 2.75) is 20.3 Å². The van der Waals surface area contributed by atoms with E-state index in [0.717, 1.165) is 45.3 Å². The fourth-order valence-electron chi connectivity index (χ4n) is 2.75. The van der Waals surface area contributed by atoms with Crippen LogP contribution in [0.15, 0.2) is 53.0 Å². The molecule has 0 saturated carbocycles. The first-order chi connectivity index (χ1) is 12.5. The van der Waals surface area contributed by atoms with Gasteiger partial charge in [-0.25, -0.2) is 4.68 Å². The van der Waals surface area contributed by atoms with Gasteiger partial charge in [0.2, 0.25) is 0 Å². The van der Waals surface area contributed by atoms with E-state index in [-0.39, 0.29) is 0 Å². The summed E-state index contributed by atoms with van der Waals surface area (Å²) in [6, 6.07) is 15.7. The molecule has 2 aromatic carbocycles. The van der Waals surface area contributed by atoms with E-state index in [1.165, 1.54) is 0 Å². The van der Waals surface area contributed by atoms with Crippen molar-refractivity contribution in [3.05, 3.63) is 80.5 Å². The molecule has 0 aliphatic rings. The Morgan fingerprint density at radius 2 is 1.92 bits per heavy atom. The lowest BCUT2D eigenvalue weighted by atomic mass is 10.1. The zero-order valence-corrected chi connectivity index (χ0v) is 16.9. The van der Waals surface area contributed by atoms with Gasteiger partial charge in [0.15, 0.2) is 6.29 Å². The number of carbonyl (C=O) groups is 1. The molecule has 3 rings (SSSR count). The first-order valence-corrected chi connectivity index (χ1v) is 9.47. The number of rotatable bonds is 5. The van der Waals surface area contributed by atoms with E-state index in [2.05, 4.69) is 34.0 Å². The van der Waals surface area contributed by atoms with Crippen LogP contribution >= 0.6 is 27.5 Å². The summed E-state index contributed by atoms with van der Waals surface area (Å²) in [6.45, 7) is 4.08. The van der Waals surface area contributed by atoms with Crippen LogP contribution in [0.1, 0.15) is 41.2 Å². The zero-order chi connectivity index (χ0) is 18.7. The molecule has 3 nitrogen and oxygen atoms in total. The summed E-state index contributed by atoms with van der Waals surface area (Å²) >= 11 is 9.92. The Bertz CT molecular complexity index is 974. The molecule has 0 amide bonds. The van der Waals surface area contributed by atoms with Crippen molar-refractivity contribution >= 4 is 45.5 Å². The van der Waals surface area contributed by atoms with E-state index in [0.29, 0.717) is 10.7 Å². The molecule has 0 spiro atoms. The van der Waals surface area contributed by atoms with Crippen LogP contribution in [0.2, 0.25) is 5.02 Å². The van der Waals surface area contributed by atoms with E-state index in [9.17, 15) is 4.79 Å². The Morgan fingerprint density at radius 1 is 1.19 bits per heavy atom. The molecule has 0 aliphatic carbocycles. The fourth-order valence-corrected chi connectivity index (χ4v) is 3.29. The van der Waals surface area contributed by atoms with E-state index in [1.807, 2.05) is 49.4 Å². The van der Waals surface area contributed by atoms with E-state index in [1.54, 1.807) is 10.7 Å². The van der Waals surface area contributed by atoms with Crippen molar-refractivity contribution in [3.63, 3.8) is 0 Å². The fraction of sp³-hybridized carbons (Fsp3) is 0.143. The van der Waals surface area contributed by atoms with Gasteiger partial charge in [-0.3, -0.25) is 4.79 Å². The maximum atomic E-state index is 11.3.